The van der Waals surface area contributed by atoms with Crippen molar-refractivity contribution in [1.82, 2.24) is 19.9 Å². The van der Waals surface area contributed by atoms with Crippen LogP contribution in [0.4, 0.5) is 8.78 Å². The van der Waals surface area contributed by atoms with Crippen LogP contribution in [-0.2, 0) is 0 Å². The lowest BCUT2D eigenvalue weighted by Gasteiger charge is -2.56. The van der Waals surface area contributed by atoms with Crippen molar-refractivity contribution in [3.63, 3.8) is 0 Å². The van der Waals surface area contributed by atoms with E-state index in [-0.39, 0.29) is 11.6 Å². The highest BCUT2D eigenvalue weighted by atomic mass is 32.2. The van der Waals surface area contributed by atoms with E-state index in [1.165, 1.54) is 82.4 Å². The molecule has 0 aliphatic heterocycles. The van der Waals surface area contributed by atoms with Crippen LogP contribution in [0.5, 0.6) is 0 Å². The first-order valence-electron chi connectivity index (χ1n) is 15.2. The van der Waals surface area contributed by atoms with Crippen molar-refractivity contribution in [1.29, 1.82) is 0 Å². The van der Waals surface area contributed by atoms with Gasteiger partial charge in [-0.1, -0.05) is 38.5 Å². The number of hydrogen-bond acceptors (Lipinski definition) is 6. The maximum Gasteiger partial charge on any atom is 0.124 e. The summed E-state index contributed by atoms with van der Waals surface area (Å²) in [4.78, 5) is 17.3. The molecule has 5 fully saturated rings. The number of rotatable bonds is 4. The zero-order valence-corrected chi connectivity index (χ0v) is 25.5. The minimum Gasteiger partial charge on any atom is -0.236 e. The number of halogens is 2. The Morgan fingerprint density at radius 1 is 0.683 bits per heavy atom. The molecular weight excluding hydrogens is 555 g/mol. The van der Waals surface area contributed by atoms with Gasteiger partial charge in [0.05, 0.1) is 11.0 Å². The first-order chi connectivity index (χ1) is 20.0. The van der Waals surface area contributed by atoms with Gasteiger partial charge in [-0.15, -0.1) is 11.8 Å². The third-order valence-electron chi connectivity index (χ3n) is 9.00. The zero-order chi connectivity index (χ0) is 28.4. The highest BCUT2D eigenvalue weighted by Gasteiger charge is 2.51. The topological polar surface area (TPSA) is 51.6 Å². The fraction of sp³-hybridized carbons (Fsp3) is 0.515. The van der Waals surface area contributed by atoms with E-state index in [4.69, 9.17) is 0 Å². The third-order valence-corrected chi connectivity index (χ3v) is 11.8. The molecule has 0 atom stereocenters. The molecule has 0 saturated heterocycles. The maximum atomic E-state index is 13.7. The number of fused-ring (bicyclic) bond motifs is 2. The second kappa shape index (κ2) is 12.5. The lowest BCUT2D eigenvalue weighted by atomic mass is 9.56. The van der Waals surface area contributed by atoms with E-state index < -0.39 is 0 Å². The van der Waals surface area contributed by atoms with E-state index in [0.717, 1.165) is 49.6 Å². The Bertz CT molecular complexity index is 1470. The summed E-state index contributed by atoms with van der Waals surface area (Å²) in [5.74, 6) is 2.34. The summed E-state index contributed by atoms with van der Waals surface area (Å²) in [5, 5.41) is 4.25. The lowest BCUT2D eigenvalue weighted by Crippen LogP contribution is -2.48. The molecule has 4 nitrogen and oxygen atoms in total. The fourth-order valence-corrected chi connectivity index (χ4v) is 10.7. The van der Waals surface area contributed by atoms with Crippen molar-refractivity contribution in [2.75, 3.05) is 0 Å². The third kappa shape index (κ3) is 6.38. The van der Waals surface area contributed by atoms with Gasteiger partial charge in [0.1, 0.15) is 34.3 Å². The van der Waals surface area contributed by atoms with E-state index >= 15 is 0 Å². The molecule has 2 aromatic heterocycles. The number of aromatic nitrogens is 4. The Morgan fingerprint density at radius 2 is 1.17 bits per heavy atom. The molecule has 5 aliphatic carbocycles. The largest absolute Gasteiger partial charge is 0.236 e. The van der Waals surface area contributed by atoms with E-state index in [2.05, 4.69) is 19.9 Å². The molecule has 4 bridgehead atoms. The first kappa shape index (κ1) is 28.8. The first-order valence-corrected chi connectivity index (χ1v) is 16.9. The summed E-state index contributed by atoms with van der Waals surface area (Å²) in [6.07, 6.45) is 16.6. The highest BCUT2D eigenvalue weighted by molar-refractivity contribution is 8.00. The van der Waals surface area contributed by atoms with Crippen molar-refractivity contribution < 1.29 is 8.78 Å². The average molecular weight is 593 g/mol. The Labute approximate surface area is 250 Å². The van der Waals surface area contributed by atoms with Gasteiger partial charge in [-0.3, -0.25) is 0 Å². The summed E-state index contributed by atoms with van der Waals surface area (Å²) in [6.45, 7) is 4.00. The number of thioether (sulfide) groups is 2. The monoisotopic (exact) mass is 592 g/mol. The van der Waals surface area contributed by atoms with E-state index in [1.54, 1.807) is 42.6 Å². The second-order valence-corrected chi connectivity index (χ2v) is 14.7. The fourth-order valence-electron chi connectivity index (χ4n) is 7.71. The average Bonchev–Trinajstić information content (AvgIpc) is 3.48. The molecule has 0 radical (unpaired) electrons. The van der Waals surface area contributed by atoms with Gasteiger partial charge in [-0.05, 0) is 106 Å². The van der Waals surface area contributed by atoms with Crippen LogP contribution in [0.15, 0.2) is 59.1 Å². The minimum atomic E-state index is -0.222. The molecule has 4 aromatic rings. The maximum absolute atomic E-state index is 13.7. The normalized spacial score (nSPS) is 26.5. The molecule has 0 unspecified atom stereocenters. The van der Waals surface area contributed by atoms with E-state index in [9.17, 15) is 8.78 Å². The number of hydrogen-bond donors (Lipinski definition) is 0. The molecule has 8 heteroatoms. The summed E-state index contributed by atoms with van der Waals surface area (Å²) in [7, 11) is 0. The molecule has 0 N–H and O–H groups in total. The van der Waals surface area contributed by atoms with E-state index in [1.807, 2.05) is 25.6 Å². The Balaban J connectivity index is 0.000000144. The zero-order valence-electron chi connectivity index (χ0n) is 23.9. The van der Waals surface area contributed by atoms with Crippen LogP contribution in [0.3, 0.4) is 0 Å². The van der Waals surface area contributed by atoms with Crippen LogP contribution >= 0.6 is 23.5 Å². The van der Waals surface area contributed by atoms with Crippen molar-refractivity contribution in [3.8, 4) is 0 Å². The predicted molar refractivity (Wildman–Crippen MR) is 165 cm³/mol. The molecule has 5 saturated carbocycles. The molecule has 5 aliphatic rings. The Morgan fingerprint density at radius 3 is 1.71 bits per heavy atom. The molecule has 2 aromatic carbocycles. The summed E-state index contributed by atoms with van der Waals surface area (Å²) in [6, 6.07) is 9.53. The van der Waals surface area contributed by atoms with Gasteiger partial charge < -0.3 is 0 Å². The second-order valence-electron chi connectivity index (χ2n) is 11.9. The highest BCUT2D eigenvalue weighted by Crippen LogP contribution is 2.62. The van der Waals surface area contributed by atoms with Crippen LogP contribution in [0.2, 0.25) is 0 Å². The Hall–Kier alpha value is -2.32. The van der Waals surface area contributed by atoms with Crippen LogP contribution in [0.25, 0.3) is 21.8 Å². The lowest BCUT2D eigenvalue weighted by molar-refractivity contribution is 0.0383. The van der Waals surface area contributed by atoms with Gasteiger partial charge in [0.25, 0.3) is 0 Å². The van der Waals surface area contributed by atoms with Crippen molar-refractivity contribution >= 4 is 45.3 Å². The number of benzene rings is 2. The van der Waals surface area contributed by atoms with Gasteiger partial charge in [0.2, 0.25) is 0 Å². The van der Waals surface area contributed by atoms with Crippen LogP contribution < -0.4 is 0 Å². The molecule has 9 rings (SSSR count). The SMILES string of the molecule is CC.Fc1ccc2ncnc(SC34CC5CC(CC(C5)C3)C4)c2c1.Fc1ccc2ncnc(SC3CCCC3)c2c1. The van der Waals surface area contributed by atoms with Crippen LogP contribution in [0.1, 0.15) is 78.1 Å². The van der Waals surface area contributed by atoms with Crippen LogP contribution in [0, 0.1) is 29.4 Å². The van der Waals surface area contributed by atoms with Gasteiger partial charge in [-0.2, -0.15) is 0 Å². The van der Waals surface area contributed by atoms with Crippen LogP contribution in [-0.4, -0.2) is 29.9 Å². The standard InChI is InChI=1S/C18H19FN2S.C13H13FN2S.C2H6/c19-14-1-2-16-15(6-14)17(21-10-20-16)22-18-7-11-3-12(8-18)5-13(4-11)9-18;14-9-5-6-12-11(7-9)13(16-8-15-12)17-10-3-1-2-4-10;1-2/h1-2,6,10-13H,3-5,7-9H2;5-8,10H,1-4H2;1-2H3. The summed E-state index contributed by atoms with van der Waals surface area (Å²) >= 11 is 3.69. The minimum absolute atomic E-state index is 0.199. The van der Waals surface area contributed by atoms with Crippen molar-refractivity contribution in [2.24, 2.45) is 17.8 Å². The molecule has 41 heavy (non-hydrogen) atoms. The number of nitrogens with zero attached hydrogens (tertiary/aromatic N) is 4. The molecule has 0 amide bonds. The van der Waals surface area contributed by atoms with Gasteiger partial charge in [0, 0.05) is 20.8 Å². The van der Waals surface area contributed by atoms with Gasteiger partial charge >= 0.3 is 0 Å². The Kier molecular flexibility index (Phi) is 8.78. The van der Waals surface area contributed by atoms with E-state index in [0.29, 0.717) is 10.00 Å². The predicted octanol–water partition coefficient (Wildman–Crippen LogP) is 9.66. The smallest absolute Gasteiger partial charge is 0.124 e. The van der Waals surface area contributed by atoms with Crippen molar-refractivity contribution in [3.05, 3.63) is 60.7 Å². The van der Waals surface area contributed by atoms with Gasteiger partial charge in [0.15, 0.2) is 0 Å². The quantitative estimate of drug-likeness (QED) is 0.220. The van der Waals surface area contributed by atoms with Gasteiger partial charge in [-0.25, -0.2) is 28.7 Å². The molecular formula is C33H38F2N4S2. The van der Waals surface area contributed by atoms with Crippen molar-refractivity contribution in [2.45, 2.75) is 98.1 Å². The molecule has 2 heterocycles. The molecule has 0 spiro atoms. The summed E-state index contributed by atoms with van der Waals surface area (Å²) in [5.41, 5.74) is 1.67. The molecule has 216 valence electrons. The summed E-state index contributed by atoms with van der Waals surface area (Å²) < 4.78 is 27.3.